The molecule has 3 fully saturated rings. The fourth-order valence-electron chi connectivity index (χ4n) is 7.74. The first-order valence-corrected chi connectivity index (χ1v) is 16.2. The van der Waals surface area contributed by atoms with Crippen LogP contribution >= 0.6 is 0 Å². The van der Waals surface area contributed by atoms with E-state index >= 15 is 0 Å². The number of Topliss-reactive ketones (excluding diaryl/α,β-unsaturated/α-hetero) is 1. The van der Waals surface area contributed by atoms with Crippen molar-refractivity contribution in [3.8, 4) is 0 Å². The summed E-state index contributed by atoms with van der Waals surface area (Å²) in [5.41, 5.74) is 7.35. The highest BCUT2D eigenvalue weighted by Crippen LogP contribution is 2.41. The predicted octanol–water partition coefficient (Wildman–Crippen LogP) is 5.64. The number of halogens is 1. The van der Waals surface area contributed by atoms with Gasteiger partial charge in [-0.15, -0.1) is 0 Å². The Balaban J connectivity index is 1.29. The molecule has 0 unspecified atom stereocenters. The van der Waals surface area contributed by atoms with E-state index in [1.807, 2.05) is 17.0 Å². The maximum absolute atomic E-state index is 14.1. The van der Waals surface area contributed by atoms with Gasteiger partial charge in [0, 0.05) is 50.4 Å². The Morgan fingerprint density at radius 1 is 1.02 bits per heavy atom. The highest BCUT2D eigenvalue weighted by molar-refractivity contribution is 5.94. The summed E-state index contributed by atoms with van der Waals surface area (Å²) in [6, 6.07) is 6.33. The first kappa shape index (κ1) is 31.6. The van der Waals surface area contributed by atoms with Crippen molar-refractivity contribution < 1.29 is 32.7 Å². The van der Waals surface area contributed by atoms with E-state index in [0.717, 1.165) is 43.1 Å². The van der Waals surface area contributed by atoms with Crippen LogP contribution in [0.4, 0.5) is 4.39 Å². The molecule has 43 heavy (non-hydrogen) atoms. The van der Waals surface area contributed by atoms with Gasteiger partial charge in [-0.05, 0) is 73.6 Å². The Bertz CT molecular complexity index is 1250. The van der Waals surface area contributed by atoms with Crippen LogP contribution in [0.5, 0.6) is 0 Å². The van der Waals surface area contributed by atoms with Crippen molar-refractivity contribution >= 4 is 28.6 Å². The SMILES string of the molecule is COCCCOC(=O)c1cc2cc(CC(=O)[C@@H]3[C@H](C4CCCCC4)CCN3C(=O)C3CCC([C@H](N)CF)CC3)ccc2o1. The number of ketones is 1. The topological polar surface area (TPSA) is 112 Å². The van der Waals surface area contributed by atoms with Gasteiger partial charge in [-0.3, -0.25) is 9.59 Å². The number of carbonyl (C=O) groups excluding carboxylic acids is 3. The van der Waals surface area contributed by atoms with Crippen molar-refractivity contribution in [3.05, 3.63) is 35.6 Å². The lowest BCUT2D eigenvalue weighted by molar-refractivity contribution is -0.143. The lowest BCUT2D eigenvalue weighted by atomic mass is 9.75. The summed E-state index contributed by atoms with van der Waals surface area (Å²) in [6.07, 6.45) is 10.5. The standard InChI is InChI=1S/C34H47FN2O6/c1-41-16-5-17-42-34(40)31-20-26-18-22(8-13-30(26)43-31)19-29(38)32-27(23-6-3-2-4-7-23)14-15-37(32)33(39)25-11-9-24(10-12-25)28(36)21-35/h8,13,18,20,23-25,27-28,32H,2-7,9-12,14-17,19,21,36H2,1H3/t24?,25?,27-,28+,32-/m0/s1. The lowest BCUT2D eigenvalue weighted by Gasteiger charge is -2.37. The van der Waals surface area contributed by atoms with Crippen LogP contribution in [0.2, 0.25) is 0 Å². The molecule has 0 radical (unpaired) electrons. The highest BCUT2D eigenvalue weighted by atomic mass is 19.1. The molecule has 1 aliphatic heterocycles. The number of amides is 1. The molecule has 1 aromatic carbocycles. The number of esters is 1. The number of likely N-dealkylation sites (tertiary alicyclic amines) is 1. The zero-order valence-electron chi connectivity index (χ0n) is 25.4. The smallest absolute Gasteiger partial charge is 0.374 e. The van der Waals surface area contributed by atoms with Crippen molar-refractivity contribution in [2.45, 2.75) is 89.1 Å². The molecule has 9 heteroatoms. The summed E-state index contributed by atoms with van der Waals surface area (Å²) in [5, 5.41) is 0.737. The van der Waals surface area contributed by atoms with Crippen LogP contribution in [0.3, 0.4) is 0 Å². The van der Waals surface area contributed by atoms with Crippen LogP contribution in [-0.4, -0.2) is 68.2 Å². The third-order valence-corrected chi connectivity index (χ3v) is 10.1. The average Bonchev–Trinajstić information content (AvgIpc) is 3.68. The molecule has 1 saturated heterocycles. The van der Waals surface area contributed by atoms with Gasteiger partial charge in [-0.2, -0.15) is 0 Å². The molecule has 1 amide bonds. The molecule has 3 aliphatic rings. The largest absolute Gasteiger partial charge is 0.460 e. The molecule has 5 rings (SSSR count). The van der Waals surface area contributed by atoms with Crippen molar-refractivity contribution in [2.24, 2.45) is 29.4 Å². The second-order valence-corrected chi connectivity index (χ2v) is 12.9. The van der Waals surface area contributed by atoms with Crippen LogP contribution in [0.1, 0.15) is 86.7 Å². The van der Waals surface area contributed by atoms with E-state index in [9.17, 15) is 18.8 Å². The van der Waals surface area contributed by atoms with Crippen LogP contribution in [0, 0.1) is 23.7 Å². The number of methoxy groups -OCH3 is 1. The van der Waals surface area contributed by atoms with Crippen LogP contribution in [-0.2, 0) is 25.5 Å². The molecule has 2 aromatic rings. The van der Waals surface area contributed by atoms with Crippen molar-refractivity contribution in [1.82, 2.24) is 4.90 Å². The van der Waals surface area contributed by atoms with Gasteiger partial charge in [-0.1, -0.05) is 38.2 Å². The van der Waals surface area contributed by atoms with Gasteiger partial charge in [0.2, 0.25) is 11.7 Å². The van der Waals surface area contributed by atoms with E-state index in [-0.39, 0.29) is 48.2 Å². The van der Waals surface area contributed by atoms with E-state index in [2.05, 4.69) is 0 Å². The first-order chi connectivity index (χ1) is 20.9. The Labute approximate surface area is 253 Å². The minimum Gasteiger partial charge on any atom is -0.460 e. The molecule has 2 aliphatic carbocycles. The monoisotopic (exact) mass is 598 g/mol. The lowest BCUT2D eigenvalue weighted by Crippen LogP contribution is -2.48. The zero-order valence-corrected chi connectivity index (χ0v) is 25.4. The summed E-state index contributed by atoms with van der Waals surface area (Å²) in [7, 11) is 1.60. The molecule has 2 saturated carbocycles. The third kappa shape index (κ3) is 7.48. The maximum Gasteiger partial charge on any atom is 0.374 e. The first-order valence-electron chi connectivity index (χ1n) is 16.2. The maximum atomic E-state index is 14.1. The molecule has 1 aromatic heterocycles. The molecule has 8 nitrogen and oxygen atoms in total. The van der Waals surface area contributed by atoms with E-state index < -0.39 is 24.7 Å². The molecule has 0 spiro atoms. The summed E-state index contributed by atoms with van der Waals surface area (Å²) in [4.78, 5) is 42.3. The number of alkyl halides is 1. The number of furan rings is 1. The minimum atomic E-state index is -0.528. The Morgan fingerprint density at radius 2 is 1.79 bits per heavy atom. The number of hydrogen-bond donors (Lipinski definition) is 1. The summed E-state index contributed by atoms with van der Waals surface area (Å²) >= 11 is 0. The van der Waals surface area contributed by atoms with Crippen molar-refractivity contribution in [3.63, 3.8) is 0 Å². The number of fused-ring (bicyclic) bond motifs is 1. The molecular weight excluding hydrogens is 551 g/mol. The Morgan fingerprint density at radius 3 is 2.51 bits per heavy atom. The van der Waals surface area contributed by atoms with E-state index in [0.29, 0.717) is 43.9 Å². The zero-order chi connectivity index (χ0) is 30.3. The number of benzene rings is 1. The summed E-state index contributed by atoms with van der Waals surface area (Å²) in [6.45, 7) is 0.846. The van der Waals surface area contributed by atoms with Crippen LogP contribution in [0.25, 0.3) is 11.0 Å². The quantitative estimate of drug-likeness (QED) is 0.249. The van der Waals surface area contributed by atoms with Crippen molar-refractivity contribution in [2.75, 3.05) is 33.5 Å². The molecule has 0 bridgehead atoms. The third-order valence-electron chi connectivity index (χ3n) is 10.1. The molecular formula is C34H47FN2O6. The molecule has 3 atom stereocenters. The Kier molecular flexibility index (Phi) is 10.9. The Hall–Kier alpha value is -2.78. The predicted molar refractivity (Wildman–Crippen MR) is 161 cm³/mol. The fourth-order valence-corrected chi connectivity index (χ4v) is 7.74. The summed E-state index contributed by atoms with van der Waals surface area (Å²) < 4.78 is 29.1. The van der Waals surface area contributed by atoms with Gasteiger partial charge in [0.25, 0.3) is 0 Å². The van der Waals surface area contributed by atoms with Gasteiger partial charge in [0.15, 0.2) is 5.78 Å². The number of nitrogens with two attached hydrogens (primary N) is 1. The normalized spacial score (nSPS) is 25.6. The van der Waals surface area contributed by atoms with Gasteiger partial charge < -0.3 is 24.5 Å². The minimum absolute atomic E-state index is 0.0789. The van der Waals surface area contributed by atoms with Gasteiger partial charge >= 0.3 is 5.97 Å². The second-order valence-electron chi connectivity index (χ2n) is 12.9. The molecule has 2 N–H and O–H groups in total. The second kappa shape index (κ2) is 14.8. The van der Waals surface area contributed by atoms with Crippen LogP contribution < -0.4 is 5.73 Å². The van der Waals surface area contributed by atoms with Crippen molar-refractivity contribution in [1.29, 1.82) is 0 Å². The highest BCUT2D eigenvalue weighted by Gasteiger charge is 2.46. The van der Waals surface area contributed by atoms with Gasteiger partial charge in [0.1, 0.15) is 12.3 Å². The molecule has 236 valence electrons. The van der Waals surface area contributed by atoms with Crippen LogP contribution in [0.15, 0.2) is 28.7 Å². The van der Waals surface area contributed by atoms with Gasteiger partial charge in [-0.25, -0.2) is 9.18 Å². The number of ether oxygens (including phenoxy) is 2. The average molecular weight is 599 g/mol. The van der Waals surface area contributed by atoms with E-state index in [1.54, 1.807) is 19.2 Å². The van der Waals surface area contributed by atoms with E-state index in [4.69, 9.17) is 19.6 Å². The van der Waals surface area contributed by atoms with Gasteiger partial charge in [0.05, 0.1) is 12.6 Å². The number of carbonyl (C=O) groups is 3. The fraction of sp³-hybridized carbons (Fsp3) is 0.676. The summed E-state index contributed by atoms with van der Waals surface area (Å²) in [5.74, 6) is 0.411. The number of nitrogens with zero attached hydrogens (tertiary/aromatic N) is 1. The number of hydrogen-bond acceptors (Lipinski definition) is 7. The number of rotatable bonds is 12. The van der Waals surface area contributed by atoms with E-state index in [1.165, 1.54) is 19.3 Å². The molecule has 2 heterocycles.